The fourth-order valence-corrected chi connectivity index (χ4v) is 2.66. The Morgan fingerprint density at radius 2 is 1.82 bits per heavy atom. The van der Waals surface area contributed by atoms with Crippen LogP contribution in [0.2, 0.25) is 6.82 Å². The summed E-state index contributed by atoms with van der Waals surface area (Å²) >= 11 is 0. The Labute approximate surface area is 132 Å². The first-order valence-corrected chi connectivity index (χ1v) is 6.73. The number of hydrogen-bond acceptors (Lipinski definition) is 3. The van der Waals surface area contributed by atoms with Gasteiger partial charge in [-0.05, 0) is 34.4 Å². The lowest BCUT2D eigenvalue weighted by Gasteiger charge is -2.10. The number of aliphatic hydroxyl groups excluding tert-OH is 1. The summed E-state index contributed by atoms with van der Waals surface area (Å²) in [4.78, 5) is 10.5. The molecule has 0 aliphatic heterocycles. The molecule has 0 aromatic heterocycles. The van der Waals surface area contributed by atoms with Gasteiger partial charge in [-0.2, -0.15) is 0 Å². The van der Waals surface area contributed by atoms with E-state index in [0.717, 1.165) is 29.9 Å². The number of nitrogens with one attached hydrogen (secondary N) is 1. The molecular weight excluding hydrogens is 277 g/mol. The normalized spacial score (nSPS) is 13.7. The highest BCUT2D eigenvalue weighted by Crippen LogP contribution is 2.45. The molecule has 0 saturated heterocycles. The Morgan fingerprint density at radius 1 is 1.18 bits per heavy atom. The summed E-state index contributed by atoms with van der Waals surface area (Å²) in [6.45, 7) is 1.63. The summed E-state index contributed by atoms with van der Waals surface area (Å²) in [6.07, 6.45) is 0.664. The lowest BCUT2D eigenvalue weighted by atomic mass is 9.98. The van der Waals surface area contributed by atoms with Crippen molar-refractivity contribution in [3.63, 3.8) is 0 Å². The highest BCUT2D eigenvalue weighted by atomic mass is 16.3. The maximum absolute atomic E-state index is 10.5. The van der Waals surface area contributed by atoms with Crippen molar-refractivity contribution in [2.45, 2.75) is 20.2 Å². The van der Waals surface area contributed by atoms with Crippen molar-refractivity contribution in [2.75, 3.05) is 11.9 Å². The van der Waals surface area contributed by atoms with Crippen LogP contribution in [-0.2, 0) is 4.79 Å². The Morgan fingerprint density at radius 3 is 2.45 bits per heavy atom. The molecule has 0 spiro atoms. The molecule has 0 bridgehead atoms. The largest absolute Gasteiger partial charge is 0.455 e. The minimum Gasteiger partial charge on any atom is -0.455 e. The summed E-state index contributed by atoms with van der Waals surface area (Å²) in [6, 6.07) is 13.9. The molecule has 115 valence electrons. The van der Waals surface area contributed by atoms with Crippen LogP contribution < -0.4 is 5.32 Å². The maximum atomic E-state index is 10.5. The number of amides is 1. The van der Waals surface area contributed by atoms with Crippen LogP contribution in [0.1, 0.15) is 24.5 Å². The molecule has 2 aromatic rings. The molecule has 2 aromatic carbocycles. The van der Waals surface area contributed by atoms with Crippen LogP contribution in [0, 0.1) is 0 Å². The van der Waals surface area contributed by atoms with E-state index in [-0.39, 0.29) is 20.0 Å². The number of carbonyl (C=O) groups is 1. The first-order chi connectivity index (χ1) is 10.3. The van der Waals surface area contributed by atoms with E-state index >= 15 is 0 Å². The first-order valence-electron chi connectivity index (χ1n) is 6.73. The van der Waals surface area contributed by atoms with E-state index in [4.69, 9.17) is 5.02 Å². The highest BCUT2D eigenvalue weighted by Gasteiger charge is 2.27. The maximum Gasteiger partial charge on any atom is 0.283 e. The Bertz CT molecular complexity index is 631. The summed E-state index contributed by atoms with van der Waals surface area (Å²) in [5, 5.41) is 19.7. The predicted molar refractivity (Wildman–Crippen MR) is 91.1 cm³/mol. The molecule has 22 heavy (non-hydrogen) atoms. The van der Waals surface area contributed by atoms with E-state index in [1.54, 1.807) is 6.82 Å². The van der Waals surface area contributed by atoms with E-state index < -0.39 is 0 Å². The third-order valence-corrected chi connectivity index (χ3v) is 3.46. The Kier molecular flexibility index (Phi) is 6.82. The van der Waals surface area contributed by atoms with Gasteiger partial charge in [-0.25, -0.2) is 0 Å². The summed E-state index contributed by atoms with van der Waals surface area (Å²) < 4.78 is 0. The van der Waals surface area contributed by atoms with E-state index in [1.807, 2.05) is 36.4 Å². The third-order valence-electron chi connectivity index (χ3n) is 3.46. The molecular formula is C17H21BNO3. The molecule has 3 N–H and O–H groups in total. The standard InChI is InChI=1S/C15H13NO2.CH4BO.CH4/c17-8-15-12-4-2-1-3-11(12)13-6-5-10(16-9-18)7-14(13)15;1-2-3;/h1-7,9,15,17H,8H2,(H,16,18);3H,1H3;1H4. The number of rotatable bonds is 3. The van der Waals surface area contributed by atoms with Gasteiger partial charge in [0.05, 0.1) is 6.61 Å². The van der Waals surface area contributed by atoms with Crippen molar-refractivity contribution in [1.29, 1.82) is 0 Å². The van der Waals surface area contributed by atoms with Gasteiger partial charge >= 0.3 is 0 Å². The zero-order chi connectivity index (χ0) is 15.2. The fourth-order valence-electron chi connectivity index (χ4n) is 2.66. The van der Waals surface area contributed by atoms with Crippen molar-refractivity contribution in [3.8, 4) is 11.1 Å². The van der Waals surface area contributed by atoms with Crippen LogP contribution in [0.15, 0.2) is 42.5 Å². The van der Waals surface area contributed by atoms with Gasteiger partial charge in [0, 0.05) is 11.6 Å². The van der Waals surface area contributed by atoms with Crippen molar-refractivity contribution in [2.24, 2.45) is 0 Å². The quantitative estimate of drug-likeness (QED) is 0.602. The van der Waals surface area contributed by atoms with Gasteiger partial charge in [0.2, 0.25) is 6.41 Å². The molecule has 1 amide bonds. The average Bonchev–Trinajstić information content (AvgIpc) is 2.81. The van der Waals surface area contributed by atoms with Gasteiger partial charge in [0.1, 0.15) is 0 Å². The van der Waals surface area contributed by atoms with Gasteiger partial charge < -0.3 is 15.4 Å². The van der Waals surface area contributed by atoms with Gasteiger partial charge in [-0.3, -0.25) is 4.79 Å². The molecule has 3 rings (SSSR count). The van der Waals surface area contributed by atoms with Gasteiger partial charge in [-0.15, -0.1) is 0 Å². The molecule has 0 heterocycles. The summed E-state index contributed by atoms with van der Waals surface area (Å²) in [5.74, 6) is 0.00426. The average molecular weight is 298 g/mol. The zero-order valence-corrected chi connectivity index (χ0v) is 11.8. The molecule has 5 heteroatoms. The van der Waals surface area contributed by atoms with E-state index in [9.17, 15) is 9.90 Å². The van der Waals surface area contributed by atoms with E-state index in [2.05, 4.69) is 11.4 Å². The predicted octanol–water partition coefficient (Wildman–Crippen LogP) is 2.64. The van der Waals surface area contributed by atoms with Gasteiger partial charge in [-0.1, -0.05) is 44.6 Å². The minimum absolute atomic E-state index is 0. The fraction of sp³-hybridized carbons (Fsp3) is 0.235. The SMILES string of the molecule is C.C[B]O.O=CNc1ccc2c(c1)C(CO)c1ccccc1-2. The van der Waals surface area contributed by atoms with Gasteiger partial charge in [0.15, 0.2) is 0 Å². The van der Waals surface area contributed by atoms with Crippen molar-refractivity contribution >= 4 is 19.6 Å². The Balaban J connectivity index is 0.000000562. The summed E-state index contributed by atoms with van der Waals surface area (Å²) in [7, 11) is 1.00. The number of aliphatic hydroxyl groups is 1. The molecule has 1 radical (unpaired) electrons. The highest BCUT2D eigenvalue weighted by molar-refractivity contribution is 6.22. The van der Waals surface area contributed by atoms with Crippen LogP contribution in [0.4, 0.5) is 5.69 Å². The number of anilines is 1. The van der Waals surface area contributed by atoms with Crippen molar-refractivity contribution in [1.82, 2.24) is 0 Å². The van der Waals surface area contributed by atoms with Crippen LogP contribution in [0.5, 0.6) is 0 Å². The van der Waals surface area contributed by atoms with Crippen molar-refractivity contribution < 1.29 is 14.9 Å². The van der Waals surface area contributed by atoms with E-state index in [0.29, 0.717) is 6.41 Å². The molecule has 1 unspecified atom stereocenters. The number of fused-ring (bicyclic) bond motifs is 3. The van der Waals surface area contributed by atoms with Crippen LogP contribution >= 0.6 is 0 Å². The Hall–Kier alpha value is -2.11. The minimum atomic E-state index is 0. The zero-order valence-electron chi connectivity index (χ0n) is 11.8. The van der Waals surface area contributed by atoms with Crippen molar-refractivity contribution in [3.05, 3.63) is 53.6 Å². The number of carbonyl (C=O) groups excluding carboxylic acids is 1. The second kappa shape index (κ2) is 8.36. The summed E-state index contributed by atoms with van der Waals surface area (Å²) in [5.41, 5.74) is 5.30. The molecule has 0 saturated carbocycles. The molecule has 4 nitrogen and oxygen atoms in total. The molecule has 1 atom stereocenters. The first kappa shape index (κ1) is 17.9. The monoisotopic (exact) mass is 298 g/mol. The van der Waals surface area contributed by atoms with Crippen LogP contribution in [0.3, 0.4) is 0 Å². The second-order valence-electron chi connectivity index (χ2n) is 4.64. The number of benzene rings is 2. The molecule has 1 aliphatic rings. The molecule has 0 fully saturated rings. The third kappa shape index (κ3) is 3.38. The number of hydrogen-bond donors (Lipinski definition) is 3. The lowest BCUT2D eigenvalue weighted by Crippen LogP contribution is -2.02. The molecule has 1 aliphatic carbocycles. The van der Waals surface area contributed by atoms with Crippen LogP contribution in [-0.4, -0.2) is 30.6 Å². The smallest absolute Gasteiger partial charge is 0.283 e. The van der Waals surface area contributed by atoms with E-state index in [1.165, 1.54) is 5.56 Å². The second-order valence-corrected chi connectivity index (χ2v) is 4.64. The lowest BCUT2D eigenvalue weighted by molar-refractivity contribution is -0.105. The topological polar surface area (TPSA) is 69.6 Å². The van der Waals surface area contributed by atoms with Gasteiger partial charge in [0.25, 0.3) is 7.48 Å². The van der Waals surface area contributed by atoms with Crippen LogP contribution in [0.25, 0.3) is 11.1 Å².